The molecule has 0 unspecified atom stereocenters. The largest absolute Gasteiger partial charge is 0.480 e. The van der Waals surface area contributed by atoms with Gasteiger partial charge in [-0.25, -0.2) is 9.59 Å². The van der Waals surface area contributed by atoms with E-state index in [-0.39, 0.29) is 18.0 Å². The molecule has 0 aromatic heterocycles. The van der Waals surface area contributed by atoms with Crippen LogP contribution < -0.4 is 5.32 Å². The maximum atomic E-state index is 12.2. The van der Waals surface area contributed by atoms with Crippen molar-refractivity contribution in [1.29, 1.82) is 0 Å². The van der Waals surface area contributed by atoms with E-state index in [1.165, 1.54) is 0 Å². The van der Waals surface area contributed by atoms with Crippen molar-refractivity contribution in [1.82, 2.24) is 10.2 Å². The minimum atomic E-state index is -0.960. The molecule has 0 aromatic carbocycles. The molecule has 20 heavy (non-hydrogen) atoms. The Labute approximate surface area is 121 Å². The smallest absolute Gasteiger partial charge is 0.326 e. The van der Waals surface area contributed by atoms with Crippen molar-refractivity contribution < 1.29 is 14.7 Å². The van der Waals surface area contributed by atoms with Crippen LogP contribution in [-0.4, -0.2) is 41.1 Å². The van der Waals surface area contributed by atoms with Crippen molar-refractivity contribution in [3.05, 3.63) is 0 Å². The SMILES string of the molecule is CC(C)C[C@H](NC(=O)N(C)C1CCC(C)CC1)C(=O)O. The van der Waals surface area contributed by atoms with E-state index in [1.54, 1.807) is 11.9 Å². The Morgan fingerprint density at radius 1 is 1.25 bits per heavy atom. The van der Waals surface area contributed by atoms with Gasteiger partial charge in [0.2, 0.25) is 0 Å². The van der Waals surface area contributed by atoms with Crippen molar-refractivity contribution in [2.45, 2.75) is 65.0 Å². The lowest BCUT2D eigenvalue weighted by Crippen LogP contribution is -2.50. The molecule has 0 spiro atoms. The molecule has 1 fully saturated rings. The lowest BCUT2D eigenvalue weighted by atomic mass is 9.87. The topological polar surface area (TPSA) is 69.6 Å². The van der Waals surface area contributed by atoms with Crippen LogP contribution in [0.5, 0.6) is 0 Å². The van der Waals surface area contributed by atoms with Gasteiger partial charge in [0, 0.05) is 13.1 Å². The first-order valence-corrected chi connectivity index (χ1v) is 7.57. The Kier molecular flexibility index (Phi) is 6.30. The summed E-state index contributed by atoms with van der Waals surface area (Å²) < 4.78 is 0. The van der Waals surface area contributed by atoms with Crippen LogP contribution in [0, 0.1) is 11.8 Å². The van der Waals surface area contributed by atoms with E-state index in [4.69, 9.17) is 5.11 Å². The van der Waals surface area contributed by atoms with Gasteiger partial charge in [-0.1, -0.05) is 20.8 Å². The highest BCUT2D eigenvalue weighted by atomic mass is 16.4. The summed E-state index contributed by atoms with van der Waals surface area (Å²) in [6.07, 6.45) is 4.74. The zero-order valence-corrected chi connectivity index (χ0v) is 13.1. The molecule has 2 amide bonds. The molecule has 1 aliphatic carbocycles. The van der Waals surface area contributed by atoms with Crippen LogP contribution in [0.4, 0.5) is 4.79 Å². The van der Waals surface area contributed by atoms with Gasteiger partial charge in [0.05, 0.1) is 0 Å². The molecule has 0 aliphatic heterocycles. The molecule has 116 valence electrons. The van der Waals surface area contributed by atoms with E-state index in [1.807, 2.05) is 13.8 Å². The van der Waals surface area contributed by atoms with Gasteiger partial charge in [-0.2, -0.15) is 0 Å². The summed E-state index contributed by atoms with van der Waals surface area (Å²) in [5.41, 5.74) is 0. The fraction of sp³-hybridized carbons (Fsp3) is 0.867. The first-order valence-electron chi connectivity index (χ1n) is 7.57. The number of amides is 2. The number of nitrogens with one attached hydrogen (secondary N) is 1. The number of carbonyl (C=O) groups is 2. The molecule has 1 aliphatic rings. The molecule has 0 aromatic rings. The highest BCUT2D eigenvalue weighted by Gasteiger charge is 2.28. The van der Waals surface area contributed by atoms with E-state index in [0.29, 0.717) is 6.42 Å². The van der Waals surface area contributed by atoms with Gasteiger partial charge in [-0.05, 0) is 43.9 Å². The predicted molar refractivity (Wildman–Crippen MR) is 78.6 cm³/mol. The molecule has 5 nitrogen and oxygen atoms in total. The van der Waals surface area contributed by atoms with Crippen molar-refractivity contribution in [3.63, 3.8) is 0 Å². The molecule has 5 heteroatoms. The standard InChI is InChI=1S/C15H28N2O3/c1-10(2)9-13(14(18)19)16-15(20)17(4)12-7-5-11(3)6-8-12/h10-13H,5-9H2,1-4H3,(H,16,20)(H,18,19)/t11?,12?,13-/m0/s1. The average molecular weight is 284 g/mol. The summed E-state index contributed by atoms with van der Waals surface area (Å²) in [6, 6.07) is -0.829. The summed E-state index contributed by atoms with van der Waals surface area (Å²) in [5, 5.41) is 11.8. The first kappa shape index (κ1) is 16.8. The molecular formula is C15H28N2O3. The molecular weight excluding hydrogens is 256 g/mol. The predicted octanol–water partition coefficient (Wildman–Crippen LogP) is 2.71. The third kappa shape index (κ3) is 5.02. The molecule has 0 saturated heterocycles. The Morgan fingerprint density at radius 2 is 1.80 bits per heavy atom. The van der Waals surface area contributed by atoms with Gasteiger partial charge >= 0.3 is 12.0 Å². The molecule has 1 rings (SSSR count). The second-order valence-corrected chi connectivity index (χ2v) is 6.49. The molecule has 1 saturated carbocycles. The van der Waals surface area contributed by atoms with Gasteiger partial charge in [0.25, 0.3) is 0 Å². The van der Waals surface area contributed by atoms with E-state index in [2.05, 4.69) is 12.2 Å². The fourth-order valence-corrected chi connectivity index (χ4v) is 2.74. The Hall–Kier alpha value is -1.26. The van der Waals surface area contributed by atoms with Crippen LogP contribution in [0.2, 0.25) is 0 Å². The third-order valence-corrected chi connectivity index (χ3v) is 4.16. The summed E-state index contributed by atoms with van der Waals surface area (Å²) in [4.78, 5) is 25.0. The molecule has 1 atom stereocenters. The third-order valence-electron chi connectivity index (χ3n) is 4.16. The lowest BCUT2D eigenvalue weighted by Gasteiger charge is -2.34. The van der Waals surface area contributed by atoms with Crippen LogP contribution >= 0.6 is 0 Å². The quantitative estimate of drug-likeness (QED) is 0.815. The first-order chi connectivity index (χ1) is 9.31. The monoisotopic (exact) mass is 284 g/mol. The van der Waals surface area contributed by atoms with E-state index < -0.39 is 12.0 Å². The number of carbonyl (C=O) groups excluding carboxylic acids is 1. The number of aliphatic carboxylic acids is 1. The van der Waals surface area contributed by atoms with Gasteiger partial charge in [-0.15, -0.1) is 0 Å². The van der Waals surface area contributed by atoms with E-state index in [9.17, 15) is 9.59 Å². The highest BCUT2D eigenvalue weighted by molar-refractivity contribution is 5.82. The number of rotatable bonds is 5. The maximum Gasteiger partial charge on any atom is 0.326 e. The number of carboxylic acid groups (broad SMARTS) is 1. The van der Waals surface area contributed by atoms with Crippen LogP contribution in [-0.2, 0) is 4.79 Å². The minimum absolute atomic E-state index is 0.234. The van der Waals surface area contributed by atoms with Gasteiger partial charge in [0.15, 0.2) is 0 Å². The second-order valence-electron chi connectivity index (χ2n) is 6.49. The van der Waals surface area contributed by atoms with Gasteiger partial charge in [0.1, 0.15) is 6.04 Å². The normalized spacial score (nSPS) is 24.2. The van der Waals surface area contributed by atoms with Gasteiger partial charge < -0.3 is 15.3 Å². The number of hydrogen-bond acceptors (Lipinski definition) is 2. The minimum Gasteiger partial charge on any atom is -0.480 e. The zero-order valence-electron chi connectivity index (χ0n) is 13.1. The van der Waals surface area contributed by atoms with E-state index >= 15 is 0 Å². The van der Waals surface area contributed by atoms with Crippen molar-refractivity contribution >= 4 is 12.0 Å². The number of hydrogen-bond donors (Lipinski definition) is 2. The summed E-state index contributed by atoms with van der Waals surface area (Å²) in [5.74, 6) is 0.00497. The maximum absolute atomic E-state index is 12.2. The number of carboxylic acids is 1. The molecule has 2 N–H and O–H groups in total. The van der Waals surface area contributed by atoms with Crippen LogP contribution in [0.3, 0.4) is 0 Å². The van der Waals surface area contributed by atoms with Crippen LogP contribution in [0.1, 0.15) is 52.9 Å². The Balaban J connectivity index is 2.53. The van der Waals surface area contributed by atoms with Crippen LogP contribution in [0.25, 0.3) is 0 Å². The molecule has 0 heterocycles. The summed E-state index contributed by atoms with van der Waals surface area (Å²) >= 11 is 0. The lowest BCUT2D eigenvalue weighted by molar-refractivity contribution is -0.139. The van der Waals surface area contributed by atoms with Crippen molar-refractivity contribution in [3.8, 4) is 0 Å². The molecule has 0 radical (unpaired) electrons. The Morgan fingerprint density at radius 3 is 2.25 bits per heavy atom. The van der Waals surface area contributed by atoms with E-state index in [0.717, 1.165) is 31.6 Å². The van der Waals surface area contributed by atoms with Crippen molar-refractivity contribution in [2.24, 2.45) is 11.8 Å². The second kappa shape index (κ2) is 7.50. The average Bonchev–Trinajstić information content (AvgIpc) is 2.37. The number of urea groups is 1. The van der Waals surface area contributed by atoms with Gasteiger partial charge in [-0.3, -0.25) is 0 Å². The molecule has 0 bridgehead atoms. The Bertz CT molecular complexity index is 336. The van der Waals surface area contributed by atoms with Crippen molar-refractivity contribution in [2.75, 3.05) is 7.05 Å². The number of nitrogens with zero attached hydrogens (tertiary/aromatic N) is 1. The van der Waals surface area contributed by atoms with Crippen LogP contribution in [0.15, 0.2) is 0 Å². The zero-order chi connectivity index (χ0) is 15.3. The fourth-order valence-electron chi connectivity index (χ4n) is 2.74. The highest BCUT2D eigenvalue weighted by Crippen LogP contribution is 2.26. The summed E-state index contributed by atoms with van der Waals surface area (Å²) in [6.45, 7) is 6.14. The summed E-state index contributed by atoms with van der Waals surface area (Å²) in [7, 11) is 1.77.